The second-order valence-electron chi connectivity index (χ2n) is 6.43. The molecule has 2 nitrogen and oxygen atoms in total. The SMILES string of the molecule is C=C(C)CC(NCCC)C(C)(CC)N1CCCCC1. The zero-order valence-corrected chi connectivity index (χ0v) is 13.6. The van der Waals surface area contributed by atoms with Gasteiger partial charge in [-0.15, -0.1) is 6.58 Å². The molecule has 0 aromatic carbocycles. The number of rotatable bonds is 8. The zero-order valence-electron chi connectivity index (χ0n) is 13.6. The van der Waals surface area contributed by atoms with Crippen LogP contribution < -0.4 is 5.32 Å². The normalized spacial score (nSPS) is 21.9. The van der Waals surface area contributed by atoms with Gasteiger partial charge in [-0.05, 0) is 65.6 Å². The summed E-state index contributed by atoms with van der Waals surface area (Å²) >= 11 is 0. The molecule has 1 rings (SSSR count). The number of nitrogens with zero attached hydrogens (tertiary/aromatic N) is 1. The minimum absolute atomic E-state index is 0.272. The highest BCUT2D eigenvalue weighted by Gasteiger charge is 2.38. The molecule has 19 heavy (non-hydrogen) atoms. The Morgan fingerprint density at radius 2 is 1.89 bits per heavy atom. The largest absolute Gasteiger partial charge is 0.312 e. The van der Waals surface area contributed by atoms with Crippen molar-refractivity contribution in [3.63, 3.8) is 0 Å². The quantitative estimate of drug-likeness (QED) is 0.669. The summed E-state index contributed by atoms with van der Waals surface area (Å²) in [7, 11) is 0. The Morgan fingerprint density at radius 3 is 2.37 bits per heavy atom. The maximum absolute atomic E-state index is 4.14. The van der Waals surface area contributed by atoms with E-state index in [1.807, 2.05) is 0 Å². The highest BCUT2D eigenvalue weighted by molar-refractivity contribution is 5.04. The summed E-state index contributed by atoms with van der Waals surface area (Å²) in [6, 6.07) is 0.535. The summed E-state index contributed by atoms with van der Waals surface area (Å²) in [6.07, 6.45) is 7.64. The van der Waals surface area contributed by atoms with Gasteiger partial charge in [-0.25, -0.2) is 0 Å². The second kappa shape index (κ2) is 8.06. The van der Waals surface area contributed by atoms with Crippen molar-refractivity contribution in [3.05, 3.63) is 12.2 Å². The Hall–Kier alpha value is -0.340. The molecule has 1 fully saturated rings. The highest BCUT2D eigenvalue weighted by Crippen LogP contribution is 2.30. The van der Waals surface area contributed by atoms with E-state index in [-0.39, 0.29) is 5.54 Å². The minimum atomic E-state index is 0.272. The van der Waals surface area contributed by atoms with Crippen LogP contribution in [0.4, 0.5) is 0 Å². The molecule has 0 spiro atoms. The first-order valence-corrected chi connectivity index (χ1v) is 8.17. The van der Waals surface area contributed by atoms with Crippen LogP contribution in [0, 0.1) is 0 Å². The lowest BCUT2D eigenvalue weighted by Gasteiger charge is -2.48. The first-order chi connectivity index (χ1) is 9.04. The van der Waals surface area contributed by atoms with Gasteiger partial charge in [0.1, 0.15) is 0 Å². The lowest BCUT2D eigenvalue weighted by Crippen LogP contribution is -2.60. The van der Waals surface area contributed by atoms with Gasteiger partial charge in [0.15, 0.2) is 0 Å². The Kier molecular flexibility index (Phi) is 7.09. The third-order valence-electron chi connectivity index (χ3n) is 4.74. The summed E-state index contributed by atoms with van der Waals surface area (Å²) in [5.41, 5.74) is 1.57. The molecule has 0 bridgehead atoms. The van der Waals surface area contributed by atoms with Gasteiger partial charge in [0.25, 0.3) is 0 Å². The van der Waals surface area contributed by atoms with Crippen LogP contribution in [-0.4, -0.2) is 36.1 Å². The van der Waals surface area contributed by atoms with Crippen LogP contribution in [0.15, 0.2) is 12.2 Å². The van der Waals surface area contributed by atoms with Crippen LogP contribution in [0.5, 0.6) is 0 Å². The molecule has 0 amide bonds. The Balaban J connectivity index is 2.80. The molecule has 0 aliphatic carbocycles. The van der Waals surface area contributed by atoms with Crippen LogP contribution in [0.2, 0.25) is 0 Å². The molecule has 2 atom stereocenters. The molecule has 1 aliphatic heterocycles. The molecule has 2 heteroatoms. The Morgan fingerprint density at radius 1 is 1.26 bits per heavy atom. The smallest absolute Gasteiger partial charge is 0.0334 e. The van der Waals surface area contributed by atoms with Crippen LogP contribution in [0.1, 0.15) is 66.2 Å². The molecule has 2 unspecified atom stereocenters. The van der Waals surface area contributed by atoms with E-state index in [1.54, 1.807) is 0 Å². The van der Waals surface area contributed by atoms with Gasteiger partial charge in [0.2, 0.25) is 0 Å². The topological polar surface area (TPSA) is 15.3 Å². The monoisotopic (exact) mass is 266 g/mol. The van der Waals surface area contributed by atoms with E-state index in [0.717, 1.165) is 13.0 Å². The number of likely N-dealkylation sites (tertiary alicyclic amines) is 1. The average Bonchev–Trinajstić information content (AvgIpc) is 2.43. The number of hydrogen-bond acceptors (Lipinski definition) is 2. The molecule has 1 aliphatic rings. The summed E-state index contributed by atoms with van der Waals surface area (Å²) in [6.45, 7) is 17.0. The van der Waals surface area contributed by atoms with E-state index < -0.39 is 0 Å². The fourth-order valence-electron chi connectivity index (χ4n) is 3.27. The first kappa shape index (κ1) is 16.7. The van der Waals surface area contributed by atoms with E-state index in [2.05, 4.69) is 44.5 Å². The average molecular weight is 266 g/mol. The molecule has 0 saturated carbocycles. The number of piperidine rings is 1. The van der Waals surface area contributed by atoms with Gasteiger partial charge < -0.3 is 5.32 Å². The fraction of sp³-hybridized carbons (Fsp3) is 0.882. The lowest BCUT2D eigenvalue weighted by atomic mass is 9.82. The van der Waals surface area contributed by atoms with Crippen LogP contribution in [-0.2, 0) is 0 Å². The number of hydrogen-bond donors (Lipinski definition) is 1. The third kappa shape index (κ3) is 4.61. The fourth-order valence-corrected chi connectivity index (χ4v) is 3.27. The van der Waals surface area contributed by atoms with E-state index in [4.69, 9.17) is 0 Å². The molecular formula is C17H34N2. The molecule has 0 aromatic heterocycles. The van der Waals surface area contributed by atoms with Crippen molar-refractivity contribution in [1.82, 2.24) is 10.2 Å². The summed E-state index contributed by atoms with van der Waals surface area (Å²) in [5.74, 6) is 0. The van der Waals surface area contributed by atoms with Gasteiger partial charge in [-0.1, -0.05) is 25.8 Å². The first-order valence-electron chi connectivity index (χ1n) is 8.17. The predicted molar refractivity (Wildman–Crippen MR) is 85.6 cm³/mol. The van der Waals surface area contributed by atoms with E-state index in [9.17, 15) is 0 Å². The summed E-state index contributed by atoms with van der Waals surface area (Å²) in [5, 5.41) is 3.79. The van der Waals surface area contributed by atoms with Crippen LogP contribution in [0.25, 0.3) is 0 Å². The standard InChI is InChI=1S/C17H34N2/c1-6-11-18-16(14-15(3)4)17(5,7-2)19-12-9-8-10-13-19/h16,18H,3,6-14H2,1-2,4-5H3. The molecule has 0 aromatic rings. The van der Waals surface area contributed by atoms with Crippen molar-refractivity contribution >= 4 is 0 Å². The van der Waals surface area contributed by atoms with Gasteiger partial charge >= 0.3 is 0 Å². The minimum Gasteiger partial charge on any atom is -0.312 e. The van der Waals surface area contributed by atoms with Crippen molar-refractivity contribution in [3.8, 4) is 0 Å². The molecule has 1 N–H and O–H groups in total. The highest BCUT2D eigenvalue weighted by atomic mass is 15.2. The van der Waals surface area contributed by atoms with Crippen molar-refractivity contribution in [2.75, 3.05) is 19.6 Å². The van der Waals surface area contributed by atoms with Crippen LogP contribution in [0.3, 0.4) is 0 Å². The Bertz CT molecular complexity index is 268. The van der Waals surface area contributed by atoms with Crippen LogP contribution >= 0.6 is 0 Å². The van der Waals surface area contributed by atoms with Gasteiger partial charge in [0.05, 0.1) is 0 Å². The second-order valence-corrected chi connectivity index (χ2v) is 6.43. The predicted octanol–water partition coefficient (Wildman–Crippen LogP) is 3.98. The molecular weight excluding hydrogens is 232 g/mol. The van der Waals surface area contributed by atoms with E-state index in [1.165, 1.54) is 50.8 Å². The summed E-state index contributed by atoms with van der Waals surface area (Å²) in [4.78, 5) is 2.73. The van der Waals surface area contributed by atoms with Gasteiger partial charge in [-0.3, -0.25) is 4.90 Å². The molecule has 1 heterocycles. The van der Waals surface area contributed by atoms with Crippen molar-refractivity contribution in [1.29, 1.82) is 0 Å². The lowest BCUT2D eigenvalue weighted by molar-refractivity contribution is 0.0430. The third-order valence-corrected chi connectivity index (χ3v) is 4.74. The van der Waals surface area contributed by atoms with Gasteiger partial charge in [0, 0.05) is 11.6 Å². The Labute approximate surface area is 120 Å². The number of nitrogens with one attached hydrogen (secondary N) is 1. The zero-order chi connectivity index (χ0) is 14.3. The van der Waals surface area contributed by atoms with Crippen molar-refractivity contribution in [2.45, 2.75) is 77.8 Å². The van der Waals surface area contributed by atoms with E-state index >= 15 is 0 Å². The van der Waals surface area contributed by atoms with Gasteiger partial charge in [-0.2, -0.15) is 0 Å². The molecule has 1 saturated heterocycles. The maximum atomic E-state index is 4.14. The molecule has 0 radical (unpaired) electrons. The summed E-state index contributed by atoms with van der Waals surface area (Å²) < 4.78 is 0. The maximum Gasteiger partial charge on any atom is 0.0334 e. The van der Waals surface area contributed by atoms with E-state index in [0.29, 0.717) is 6.04 Å². The van der Waals surface area contributed by atoms with Crippen molar-refractivity contribution in [2.24, 2.45) is 0 Å². The molecule has 112 valence electrons. The van der Waals surface area contributed by atoms with Crippen molar-refractivity contribution < 1.29 is 0 Å².